The summed E-state index contributed by atoms with van der Waals surface area (Å²) in [6, 6.07) is 0. The molecule has 0 amide bonds. The molecule has 21 heavy (non-hydrogen) atoms. The van der Waals surface area contributed by atoms with Gasteiger partial charge in [0.2, 0.25) is 0 Å². The summed E-state index contributed by atoms with van der Waals surface area (Å²) in [4.78, 5) is 0. The Hall–Kier alpha value is -0.260. The van der Waals surface area contributed by atoms with Gasteiger partial charge in [-0.1, -0.05) is 52.2 Å². The van der Waals surface area contributed by atoms with Crippen molar-refractivity contribution < 1.29 is 0 Å². The Kier molecular flexibility index (Phi) is 3.32. The molecule has 0 aromatic rings. The predicted molar refractivity (Wildman–Crippen MR) is 90.0 cm³/mol. The summed E-state index contributed by atoms with van der Waals surface area (Å²) in [6.45, 7) is 7.67. The molecule has 0 radical (unpaired) electrons. The van der Waals surface area contributed by atoms with Gasteiger partial charge in [0.1, 0.15) is 0 Å². The van der Waals surface area contributed by atoms with Crippen LogP contribution >= 0.6 is 0 Å². The highest BCUT2D eigenvalue weighted by atomic mass is 14.6. The van der Waals surface area contributed by atoms with E-state index in [2.05, 4.69) is 32.9 Å². The van der Waals surface area contributed by atoms with Crippen LogP contribution in [-0.2, 0) is 0 Å². The lowest BCUT2D eigenvalue weighted by molar-refractivity contribution is -0.0529. The zero-order chi connectivity index (χ0) is 14.7. The third kappa shape index (κ3) is 1.86. The second-order valence-electron chi connectivity index (χ2n) is 9.23. The van der Waals surface area contributed by atoms with E-state index in [0.717, 1.165) is 29.6 Å². The van der Waals surface area contributed by atoms with Crippen LogP contribution in [0.4, 0.5) is 0 Å². The van der Waals surface area contributed by atoms with E-state index in [4.69, 9.17) is 0 Å². The molecule has 3 fully saturated rings. The monoisotopic (exact) mass is 286 g/mol. The maximum absolute atomic E-state index is 2.73. The fourth-order valence-electron chi connectivity index (χ4n) is 7.42. The number of hydrogen-bond acceptors (Lipinski definition) is 0. The van der Waals surface area contributed by atoms with Gasteiger partial charge >= 0.3 is 0 Å². The molecule has 0 heteroatoms. The summed E-state index contributed by atoms with van der Waals surface area (Å²) in [5, 5.41) is 0. The molecule has 0 spiro atoms. The molecule has 3 saturated carbocycles. The van der Waals surface area contributed by atoms with Crippen LogP contribution in [-0.4, -0.2) is 0 Å². The van der Waals surface area contributed by atoms with E-state index in [9.17, 15) is 0 Å². The fourth-order valence-corrected chi connectivity index (χ4v) is 7.42. The zero-order valence-electron chi connectivity index (χ0n) is 14.4. The predicted octanol–water partition coefficient (Wildman–Crippen LogP) is 6.22. The highest BCUT2D eigenvalue weighted by molar-refractivity contribution is 5.20. The first-order valence-corrected chi connectivity index (χ1v) is 9.79. The lowest BCUT2D eigenvalue weighted by Crippen LogP contribution is -2.50. The van der Waals surface area contributed by atoms with Gasteiger partial charge in [-0.3, -0.25) is 0 Å². The van der Waals surface area contributed by atoms with Gasteiger partial charge < -0.3 is 0 Å². The topological polar surface area (TPSA) is 0 Å². The Balaban J connectivity index is 1.69. The molecule has 4 aliphatic rings. The Bertz CT molecular complexity index is 435. The summed E-state index contributed by atoms with van der Waals surface area (Å²) in [7, 11) is 0. The fraction of sp³-hybridized carbons (Fsp3) is 0.905. The van der Waals surface area contributed by atoms with Crippen LogP contribution in [0.3, 0.4) is 0 Å². The summed E-state index contributed by atoms with van der Waals surface area (Å²) < 4.78 is 0. The number of fused-ring (bicyclic) bond motifs is 5. The second kappa shape index (κ2) is 4.87. The molecular weight excluding hydrogens is 252 g/mol. The van der Waals surface area contributed by atoms with Crippen molar-refractivity contribution in [2.24, 2.45) is 40.4 Å². The van der Waals surface area contributed by atoms with Gasteiger partial charge in [0.25, 0.3) is 0 Å². The van der Waals surface area contributed by atoms with E-state index < -0.39 is 0 Å². The molecule has 0 aromatic heterocycles. The van der Waals surface area contributed by atoms with Gasteiger partial charge in [0.15, 0.2) is 0 Å². The first-order valence-electron chi connectivity index (χ1n) is 9.79. The highest BCUT2D eigenvalue weighted by Gasteiger charge is 2.57. The maximum Gasteiger partial charge on any atom is -0.00872 e. The van der Waals surface area contributed by atoms with Crippen molar-refractivity contribution in [1.82, 2.24) is 0 Å². The first kappa shape index (κ1) is 14.3. The van der Waals surface area contributed by atoms with E-state index in [1.54, 1.807) is 0 Å². The molecule has 0 aromatic carbocycles. The van der Waals surface area contributed by atoms with E-state index in [0.29, 0.717) is 10.8 Å². The van der Waals surface area contributed by atoms with Gasteiger partial charge in [-0.2, -0.15) is 0 Å². The first-order chi connectivity index (χ1) is 10.1. The highest BCUT2D eigenvalue weighted by Crippen LogP contribution is 2.65. The molecule has 0 saturated heterocycles. The van der Waals surface area contributed by atoms with Crippen LogP contribution in [0.15, 0.2) is 12.2 Å². The van der Waals surface area contributed by atoms with Gasteiger partial charge in [-0.15, -0.1) is 0 Å². The van der Waals surface area contributed by atoms with E-state index >= 15 is 0 Å². The smallest absolute Gasteiger partial charge is 0.00872 e. The summed E-state index contributed by atoms with van der Waals surface area (Å²) in [5.41, 5.74) is 1.18. The van der Waals surface area contributed by atoms with Gasteiger partial charge in [0, 0.05) is 0 Å². The van der Waals surface area contributed by atoms with E-state index in [-0.39, 0.29) is 0 Å². The van der Waals surface area contributed by atoms with Crippen LogP contribution in [0.5, 0.6) is 0 Å². The second-order valence-corrected chi connectivity index (χ2v) is 9.23. The molecule has 0 N–H and O–H groups in total. The zero-order valence-corrected chi connectivity index (χ0v) is 14.4. The van der Waals surface area contributed by atoms with Crippen molar-refractivity contribution in [2.45, 2.75) is 78.6 Å². The SMILES string of the molecule is CC[C@H]1CC[C@H]2[C@@H]3CC[C@@H]4CCCC[C@]4(C)[C@H]3C=C[C@]12C. The average molecular weight is 287 g/mol. The van der Waals surface area contributed by atoms with Crippen LogP contribution in [0.1, 0.15) is 78.6 Å². The summed E-state index contributed by atoms with van der Waals surface area (Å²) in [6.07, 6.45) is 18.9. The molecule has 0 nitrogen and oxygen atoms in total. The maximum atomic E-state index is 2.73. The standard InChI is InChI=1S/C21H34/c1-4-15-9-11-18-17-10-8-16-7-5-6-13-20(16,2)19(17)12-14-21(15,18)3/h12,14-19H,4-11,13H2,1-3H3/t15-,16-,17-,18-,19-,20-,21+/m0/s1. The minimum atomic E-state index is 0.535. The lowest BCUT2D eigenvalue weighted by atomic mass is 9.47. The number of hydrogen-bond donors (Lipinski definition) is 0. The molecule has 7 atom stereocenters. The van der Waals surface area contributed by atoms with Crippen LogP contribution in [0.2, 0.25) is 0 Å². The van der Waals surface area contributed by atoms with E-state index in [1.807, 2.05) is 0 Å². The van der Waals surface area contributed by atoms with Gasteiger partial charge in [-0.05, 0) is 78.9 Å². The quantitative estimate of drug-likeness (QED) is 0.502. The summed E-state index contributed by atoms with van der Waals surface area (Å²) >= 11 is 0. The van der Waals surface area contributed by atoms with Gasteiger partial charge in [0.05, 0.1) is 0 Å². The molecule has 4 aliphatic carbocycles. The number of rotatable bonds is 1. The average Bonchev–Trinajstić information content (AvgIpc) is 2.83. The molecule has 118 valence electrons. The van der Waals surface area contributed by atoms with Crippen molar-refractivity contribution in [1.29, 1.82) is 0 Å². The number of allylic oxidation sites excluding steroid dienone is 2. The molecule has 0 unspecified atom stereocenters. The van der Waals surface area contributed by atoms with Crippen LogP contribution in [0, 0.1) is 40.4 Å². The Morgan fingerprint density at radius 3 is 2.67 bits per heavy atom. The summed E-state index contributed by atoms with van der Waals surface area (Å²) in [5.74, 6) is 4.90. The van der Waals surface area contributed by atoms with Crippen LogP contribution < -0.4 is 0 Å². The molecule has 4 rings (SSSR count). The van der Waals surface area contributed by atoms with Crippen molar-refractivity contribution in [3.05, 3.63) is 12.2 Å². The largest absolute Gasteiger partial charge is 0.0840 e. The third-order valence-electron chi connectivity index (χ3n) is 8.70. The minimum Gasteiger partial charge on any atom is -0.0840 e. The Labute approximate surface area is 131 Å². The molecule has 0 aliphatic heterocycles. The molecule has 0 heterocycles. The third-order valence-corrected chi connectivity index (χ3v) is 8.70. The van der Waals surface area contributed by atoms with Crippen molar-refractivity contribution >= 4 is 0 Å². The van der Waals surface area contributed by atoms with Crippen molar-refractivity contribution in [3.63, 3.8) is 0 Å². The van der Waals surface area contributed by atoms with Crippen molar-refractivity contribution in [3.8, 4) is 0 Å². The molecule has 0 bridgehead atoms. The molecular formula is C21H34. The van der Waals surface area contributed by atoms with E-state index in [1.165, 1.54) is 57.8 Å². The Morgan fingerprint density at radius 1 is 1.00 bits per heavy atom. The van der Waals surface area contributed by atoms with Gasteiger partial charge in [-0.25, -0.2) is 0 Å². The normalized spacial score (nSPS) is 55.7. The van der Waals surface area contributed by atoms with Crippen LogP contribution in [0.25, 0.3) is 0 Å². The van der Waals surface area contributed by atoms with Crippen molar-refractivity contribution in [2.75, 3.05) is 0 Å². The Morgan fingerprint density at radius 2 is 1.86 bits per heavy atom. The lowest BCUT2D eigenvalue weighted by Gasteiger charge is -2.58. The minimum absolute atomic E-state index is 0.535.